The fourth-order valence-electron chi connectivity index (χ4n) is 3.58. The summed E-state index contributed by atoms with van der Waals surface area (Å²) in [6.07, 6.45) is 0. The molecule has 8 nitrogen and oxygen atoms in total. The molecule has 1 N–H and O–H groups in total. The third kappa shape index (κ3) is 6.54. The van der Waals surface area contributed by atoms with Crippen molar-refractivity contribution in [2.24, 2.45) is 0 Å². The number of nitrogens with one attached hydrogen (secondary N) is 1. The zero-order valence-corrected chi connectivity index (χ0v) is 26.4. The molecular formula is C25H35BrN2O6S2Si. The molecule has 0 aliphatic carbocycles. The molecule has 0 aromatic heterocycles. The van der Waals surface area contributed by atoms with Gasteiger partial charge in [0.25, 0.3) is 5.91 Å². The molecule has 0 bridgehead atoms. The van der Waals surface area contributed by atoms with E-state index in [1.54, 1.807) is 38.1 Å². The SMILES string of the molecule is CC1(C)[C@H](C(=O)NO[Si](C)(C)C(C)(C)C)N(S(=O)(=O)c2ccc(Oc3ccc(Br)cc3)cc2)CCS1=O. The minimum atomic E-state index is -4.10. The fraction of sp³-hybridized carbons (Fsp3) is 0.480. The van der Waals surface area contributed by atoms with Crippen molar-refractivity contribution < 1.29 is 26.7 Å². The monoisotopic (exact) mass is 630 g/mol. The third-order valence-electron chi connectivity index (χ3n) is 6.97. The van der Waals surface area contributed by atoms with E-state index < -0.39 is 45.8 Å². The van der Waals surface area contributed by atoms with E-state index in [1.807, 2.05) is 46.0 Å². The van der Waals surface area contributed by atoms with Crippen molar-refractivity contribution in [1.82, 2.24) is 9.79 Å². The van der Waals surface area contributed by atoms with E-state index in [-0.39, 0.29) is 22.2 Å². The summed E-state index contributed by atoms with van der Waals surface area (Å²) in [5, 5.41) is -0.170. The number of benzene rings is 2. The molecule has 1 aliphatic heterocycles. The van der Waals surface area contributed by atoms with Gasteiger partial charge < -0.3 is 9.26 Å². The van der Waals surface area contributed by atoms with Gasteiger partial charge in [0, 0.05) is 27.6 Å². The zero-order valence-electron chi connectivity index (χ0n) is 22.2. The van der Waals surface area contributed by atoms with Crippen LogP contribution in [0.15, 0.2) is 57.9 Å². The second kappa shape index (κ2) is 10.9. The van der Waals surface area contributed by atoms with Gasteiger partial charge in [-0.05, 0) is 80.5 Å². The van der Waals surface area contributed by atoms with Crippen LogP contribution in [0.4, 0.5) is 0 Å². The van der Waals surface area contributed by atoms with Crippen LogP contribution in [0.1, 0.15) is 34.6 Å². The maximum absolute atomic E-state index is 13.7. The highest BCUT2D eigenvalue weighted by molar-refractivity contribution is 9.10. The number of sulfonamides is 1. The Morgan fingerprint density at radius 1 is 1.08 bits per heavy atom. The number of halogens is 1. The van der Waals surface area contributed by atoms with E-state index in [1.165, 1.54) is 12.1 Å². The van der Waals surface area contributed by atoms with Gasteiger partial charge in [0.15, 0.2) is 0 Å². The molecule has 2 aromatic carbocycles. The van der Waals surface area contributed by atoms with Gasteiger partial charge in [-0.3, -0.25) is 9.00 Å². The van der Waals surface area contributed by atoms with Gasteiger partial charge in [0.1, 0.15) is 17.5 Å². The molecule has 1 heterocycles. The number of hydroxylamine groups is 1. The Balaban J connectivity index is 1.87. The number of rotatable bonds is 7. The summed E-state index contributed by atoms with van der Waals surface area (Å²) in [6, 6.07) is 12.1. The predicted molar refractivity (Wildman–Crippen MR) is 152 cm³/mol. The lowest BCUT2D eigenvalue weighted by molar-refractivity contribution is -0.133. The van der Waals surface area contributed by atoms with Crippen molar-refractivity contribution in [2.45, 2.75) is 68.4 Å². The molecule has 0 spiro atoms. The molecule has 1 aliphatic rings. The van der Waals surface area contributed by atoms with Gasteiger partial charge in [0.2, 0.25) is 18.3 Å². The first kappa shape index (κ1) is 30.0. The molecule has 2 atom stereocenters. The van der Waals surface area contributed by atoms with Crippen molar-refractivity contribution >= 4 is 51.0 Å². The Kier molecular flexibility index (Phi) is 8.82. The van der Waals surface area contributed by atoms with Crippen LogP contribution in [0.25, 0.3) is 0 Å². The molecule has 0 saturated carbocycles. The first-order valence-electron chi connectivity index (χ1n) is 11.9. The van der Waals surface area contributed by atoms with Crippen molar-refractivity contribution in [1.29, 1.82) is 0 Å². The summed E-state index contributed by atoms with van der Waals surface area (Å²) in [5.41, 5.74) is 2.53. The normalized spacial score (nSPS) is 20.9. The second-order valence-electron chi connectivity index (χ2n) is 11.0. The Morgan fingerprint density at radius 2 is 1.59 bits per heavy atom. The van der Waals surface area contributed by atoms with Gasteiger partial charge in [0.05, 0.1) is 9.64 Å². The number of nitrogens with zero attached hydrogens (tertiary/aromatic N) is 1. The number of amides is 1. The summed E-state index contributed by atoms with van der Waals surface area (Å²) in [7, 11) is -7.87. The number of carbonyl (C=O) groups is 1. The molecule has 37 heavy (non-hydrogen) atoms. The summed E-state index contributed by atoms with van der Waals surface area (Å²) in [4.78, 5) is 13.4. The fourth-order valence-corrected chi connectivity index (χ4v) is 7.78. The summed E-state index contributed by atoms with van der Waals surface area (Å²) >= 11 is 3.37. The molecule has 1 fully saturated rings. The van der Waals surface area contributed by atoms with Crippen LogP contribution < -0.4 is 10.2 Å². The largest absolute Gasteiger partial charge is 0.457 e. The van der Waals surface area contributed by atoms with E-state index in [4.69, 9.17) is 9.26 Å². The minimum Gasteiger partial charge on any atom is -0.457 e. The molecule has 1 amide bonds. The van der Waals surface area contributed by atoms with Crippen LogP contribution in [0.3, 0.4) is 0 Å². The average molecular weight is 632 g/mol. The highest BCUT2D eigenvalue weighted by Gasteiger charge is 2.52. The van der Waals surface area contributed by atoms with Gasteiger partial charge >= 0.3 is 0 Å². The Labute approximate surface area is 231 Å². The highest BCUT2D eigenvalue weighted by Crippen LogP contribution is 2.37. The maximum atomic E-state index is 13.7. The quantitative estimate of drug-likeness (QED) is 0.333. The van der Waals surface area contributed by atoms with Crippen LogP contribution >= 0.6 is 15.9 Å². The zero-order chi connectivity index (χ0) is 27.8. The molecule has 1 saturated heterocycles. The van der Waals surface area contributed by atoms with Gasteiger partial charge in [-0.1, -0.05) is 36.7 Å². The van der Waals surface area contributed by atoms with E-state index in [0.717, 1.165) is 8.78 Å². The lowest BCUT2D eigenvalue weighted by Gasteiger charge is -2.44. The van der Waals surface area contributed by atoms with Gasteiger partial charge in [-0.2, -0.15) is 4.31 Å². The standard InChI is InChI=1S/C25H35BrN2O6S2Si/c1-24(2,3)37(6,7)34-27-23(29)22-25(4,5)35(30)17-16-28(22)36(31,32)21-14-12-20(13-15-21)33-19-10-8-18(26)9-11-19/h8-15,22H,16-17H2,1-7H3,(H,27,29)/t22-,35?/m0/s1. The summed E-state index contributed by atoms with van der Waals surface area (Å²) in [5.74, 6) is 0.585. The van der Waals surface area contributed by atoms with E-state index in [9.17, 15) is 17.4 Å². The van der Waals surface area contributed by atoms with Crippen LogP contribution in [-0.2, 0) is 30.1 Å². The number of hydrogen-bond acceptors (Lipinski definition) is 6. The molecule has 3 rings (SSSR count). The molecule has 0 radical (unpaired) electrons. The van der Waals surface area contributed by atoms with Crippen molar-refractivity contribution in [2.75, 3.05) is 12.3 Å². The molecular weight excluding hydrogens is 596 g/mol. The summed E-state index contributed by atoms with van der Waals surface area (Å²) < 4.78 is 53.0. The molecule has 1 unspecified atom stereocenters. The van der Waals surface area contributed by atoms with Gasteiger partial charge in [-0.25, -0.2) is 13.9 Å². The Morgan fingerprint density at radius 3 is 2.11 bits per heavy atom. The van der Waals surface area contributed by atoms with Gasteiger partial charge in [-0.15, -0.1) is 0 Å². The predicted octanol–water partition coefficient (Wildman–Crippen LogP) is 5.19. The van der Waals surface area contributed by atoms with Crippen molar-refractivity contribution in [3.63, 3.8) is 0 Å². The van der Waals surface area contributed by atoms with Crippen molar-refractivity contribution in [3.05, 3.63) is 53.0 Å². The third-order valence-corrected chi connectivity index (χ3v) is 15.6. The Hall–Kier alpha value is -1.57. The lowest BCUT2D eigenvalue weighted by atomic mass is 10.0. The number of carbonyl (C=O) groups excluding carboxylic acids is 1. The number of ether oxygens (including phenoxy) is 1. The Bertz CT molecular complexity index is 1260. The highest BCUT2D eigenvalue weighted by atomic mass is 79.9. The number of hydrogen-bond donors (Lipinski definition) is 1. The topological polar surface area (TPSA) is 102 Å². The smallest absolute Gasteiger partial charge is 0.262 e. The van der Waals surface area contributed by atoms with E-state index >= 15 is 0 Å². The summed E-state index contributed by atoms with van der Waals surface area (Å²) in [6.45, 7) is 13.3. The average Bonchev–Trinajstić information content (AvgIpc) is 2.80. The molecule has 204 valence electrons. The molecule has 12 heteroatoms. The van der Waals surface area contributed by atoms with Crippen LogP contribution in [0, 0.1) is 0 Å². The lowest BCUT2D eigenvalue weighted by Crippen LogP contribution is -2.65. The minimum absolute atomic E-state index is 0.0160. The first-order chi connectivity index (χ1) is 17.0. The van der Waals surface area contributed by atoms with E-state index in [0.29, 0.717) is 11.5 Å². The maximum Gasteiger partial charge on any atom is 0.262 e. The first-order valence-corrected chi connectivity index (χ1v) is 18.3. The van der Waals surface area contributed by atoms with Crippen LogP contribution in [0.5, 0.6) is 11.5 Å². The van der Waals surface area contributed by atoms with Crippen molar-refractivity contribution in [3.8, 4) is 11.5 Å². The van der Waals surface area contributed by atoms with E-state index in [2.05, 4.69) is 21.4 Å². The molecule has 2 aromatic rings. The van der Waals surface area contributed by atoms with Crippen LogP contribution in [-0.4, -0.2) is 54.2 Å². The second-order valence-corrected chi connectivity index (χ2v) is 20.7. The van der Waals surface area contributed by atoms with Crippen LogP contribution in [0.2, 0.25) is 18.1 Å².